The summed E-state index contributed by atoms with van der Waals surface area (Å²) in [5.74, 6) is 0.0753. The highest BCUT2D eigenvalue weighted by Gasteiger charge is 2.76. The van der Waals surface area contributed by atoms with Crippen LogP contribution in [0.25, 0.3) is 0 Å². The van der Waals surface area contributed by atoms with Crippen LogP contribution in [-0.2, 0) is 41.5 Å². The van der Waals surface area contributed by atoms with Gasteiger partial charge in [-0.15, -0.1) is 0 Å². The van der Waals surface area contributed by atoms with E-state index in [1.807, 2.05) is 60.7 Å². The lowest BCUT2D eigenvalue weighted by Crippen LogP contribution is -2.38. The summed E-state index contributed by atoms with van der Waals surface area (Å²) in [5.41, 5.74) is 1.88. The molecule has 3 aliphatic rings. The number of rotatable bonds is 7. The summed E-state index contributed by atoms with van der Waals surface area (Å²) in [5, 5.41) is 0. The van der Waals surface area contributed by atoms with Gasteiger partial charge in [-0.1, -0.05) is 60.7 Å². The van der Waals surface area contributed by atoms with E-state index in [1.54, 1.807) is 0 Å². The quantitative estimate of drug-likeness (QED) is 0.709. The predicted molar refractivity (Wildman–Crippen MR) is 100 cm³/mol. The Kier molecular flexibility index (Phi) is 4.52. The molecule has 0 N–H and O–H groups in total. The second-order valence-electron chi connectivity index (χ2n) is 7.77. The maximum absolute atomic E-state index is 11.8. The topological polar surface area (TPSA) is 71.1 Å². The molecule has 1 heterocycles. The molecule has 2 saturated carbocycles. The smallest absolute Gasteiger partial charge is 0.376 e. The van der Waals surface area contributed by atoms with Crippen LogP contribution in [0.4, 0.5) is 0 Å². The lowest BCUT2D eigenvalue weighted by Gasteiger charge is -2.27. The molecular weight excluding hydrogens is 380 g/mol. The Morgan fingerprint density at radius 2 is 1.50 bits per heavy atom. The van der Waals surface area contributed by atoms with E-state index in [-0.39, 0.29) is 17.4 Å². The Morgan fingerprint density at radius 3 is 2.18 bits per heavy atom. The van der Waals surface area contributed by atoms with Gasteiger partial charge in [-0.05, 0) is 17.5 Å². The number of hydrogen-bond acceptors (Lipinski definition) is 6. The molecule has 6 nitrogen and oxygen atoms in total. The van der Waals surface area contributed by atoms with E-state index in [2.05, 4.69) is 0 Å². The molecule has 2 aromatic carbocycles. The number of hydrogen-bond donors (Lipinski definition) is 0. The summed E-state index contributed by atoms with van der Waals surface area (Å²) < 4.78 is 46.3. The van der Waals surface area contributed by atoms with E-state index in [0.717, 1.165) is 17.5 Å². The Hall–Kier alpha value is -1.77. The molecule has 1 saturated heterocycles. The second kappa shape index (κ2) is 6.93. The summed E-state index contributed by atoms with van der Waals surface area (Å²) in [6.45, 7) is 1.40. The largest absolute Gasteiger partial charge is 0.400 e. The fourth-order valence-corrected chi connectivity index (χ4v) is 5.62. The Balaban J connectivity index is 1.30. The van der Waals surface area contributed by atoms with Gasteiger partial charge >= 0.3 is 10.4 Å². The van der Waals surface area contributed by atoms with E-state index in [1.165, 1.54) is 0 Å². The molecule has 28 heavy (non-hydrogen) atoms. The first-order chi connectivity index (χ1) is 13.6. The van der Waals surface area contributed by atoms with Gasteiger partial charge < -0.3 is 9.47 Å². The van der Waals surface area contributed by atoms with Gasteiger partial charge in [-0.3, -0.25) is 0 Å². The van der Waals surface area contributed by atoms with Crippen LogP contribution in [0.3, 0.4) is 0 Å². The predicted octanol–water partition coefficient (Wildman–Crippen LogP) is 2.84. The minimum atomic E-state index is -3.94. The van der Waals surface area contributed by atoms with Crippen molar-refractivity contribution in [1.82, 2.24) is 0 Å². The van der Waals surface area contributed by atoms with E-state index < -0.39 is 22.6 Å². The van der Waals surface area contributed by atoms with Crippen molar-refractivity contribution in [2.45, 2.75) is 37.9 Å². The Bertz CT molecular complexity index is 932. The van der Waals surface area contributed by atoms with Crippen molar-refractivity contribution >= 4 is 10.4 Å². The maximum Gasteiger partial charge on any atom is 0.400 e. The SMILES string of the molecule is O=S1(=O)O[C@@H]2[C@H](O1)[C@H](OCc1ccccc1)[C@]1(COCc3ccccc3)C[C@H]21. The minimum absolute atomic E-state index is 0.0753. The highest BCUT2D eigenvalue weighted by atomic mass is 32.3. The summed E-state index contributed by atoms with van der Waals surface area (Å²) >= 11 is 0. The molecule has 0 radical (unpaired) electrons. The molecule has 0 amide bonds. The molecule has 2 aliphatic carbocycles. The molecule has 0 bridgehead atoms. The maximum atomic E-state index is 11.8. The standard InChI is InChI=1S/C21H22O6S/c22-28(23)26-18-17-11-21(17,14-24-12-15-7-3-1-4-8-15)20(19(18)27-28)25-13-16-9-5-2-6-10-16/h1-10,17-20H,11-14H2/t17-,18+,19+,20+,21+/m1/s1. The third kappa shape index (κ3) is 3.27. The third-order valence-electron chi connectivity index (χ3n) is 5.98. The van der Waals surface area contributed by atoms with Gasteiger partial charge in [0.05, 0.1) is 25.9 Å². The highest BCUT2D eigenvalue weighted by Crippen LogP contribution is 2.67. The lowest BCUT2D eigenvalue weighted by atomic mass is 10.00. The lowest BCUT2D eigenvalue weighted by molar-refractivity contribution is -0.0782. The number of ether oxygens (including phenoxy) is 2. The van der Waals surface area contributed by atoms with Gasteiger partial charge in [0.25, 0.3) is 0 Å². The van der Waals surface area contributed by atoms with Crippen LogP contribution in [0.5, 0.6) is 0 Å². The van der Waals surface area contributed by atoms with Crippen LogP contribution >= 0.6 is 0 Å². The molecule has 3 fully saturated rings. The molecule has 1 aliphatic heterocycles. The molecular formula is C21H22O6S. The van der Waals surface area contributed by atoms with E-state index in [0.29, 0.717) is 19.8 Å². The first-order valence-corrected chi connectivity index (χ1v) is 10.8. The van der Waals surface area contributed by atoms with Gasteiger partial charge in [0.1, 0.15) is 12.2 Å². The summed E-state index contributed by atoms with van der Waals surface area (Å²) in [6, 6.07) is 19.8. The van der Waals surface area contributed by atoms with Gasteiger partial charge in [0.15, 0.2) is 0 Å². The monoisotopic (exact) mass is 402 g/mol. The minimum Gasteiger partial charge on any atom is -0.376 e. The van der Waals surface area contributed by atoms with E-state index in [4.69, 9.17) is 17.8 Å². The van der Waals surface area contributed by atoms with Crippen LogP contribution in [-0.4, -0.2) is 33.3 Å². The fraction of sp³-hybridized carbons (Fsp3) is 0.429. The van der Waals surface area contributed by atoms with Crippen LogP contribution in [0.1, 0.15) is 17.5 Å². The zero-order chi connectivity index (χ0) is 19.2. The molecule has 5 atom stereocenters. The van der Waals surface area contributed by atoms with Crippen molar-refractivity contribution in [3.8, 4) is 0 Å². The van der Waals surface area contributed by atoms with Crippen molar-refractivity contribution in [2.24, 2.45) is 11.3 Å². The second-order valence-corrected chi connectivity index (χ2v) is 8.97. The average Bonchev–Trinajstić information content (AvgIpc) is 3.25. The zero-order valence-electron chi connectivity index (χ0n) is 15.3. The average molecular weight is 402 g/mol. The molecule has 0 unspecified atom stereocenters. The van der Waals surface area contributed by atoms with Crippen molar-refractivity contribution in [3.63, 3.8) is 0 Å². The summed E-state index contributed by atoms with van der Waals surface area (Å²) in [4.78, 5) is 0. The molecule has 5 rings (SSSR count). The molecule has 0 spiro atoms. The van der Waals surface area contributed by atoms with Crippen molar-refractivity contribution < 1.29 is 26.3 Å². The molecule has 148 valence electrons. The van der Waals surface area contributed by atoms with Gasteiger partial charge in [-0.25, -0.2) is 8.37 Å². The molecule has 7 heteroatoms. The summed E-state index contributed by atoms with van der Waals surface area (Å²) in [7, 11) is -3.94. The number of benzene rings is 2. The van der Waals surface area contributed by atoms with Crippen LogP contribution < -0.4 is 0 Å². The highest BCUT2D eigenvalue weighted by molar-refractivity contribution is 7.82. The molecule has 0 aromatic heterocycles. The van der Waals surface area contributed by atoms with Gasteiger partial charge in [0.2, 0.25) is 0 Å². The van der Waals surface area contributed by atoms with Gasteiger partial charge in [0, 0.05) is 11.3 Å². The van der Waals surface area contributed by atoms with E-state index >= 15 is 0 Å². The Labute approximate surface area is 164 Å². The molecule has 2 aromatic rings. The van der Waals surface area contributed by atoms with Crippen molar-refractivity contribution in [3.05, 3.63) is 71.8 Å². The summed E-state index contributed by atoms with van der Waals surface area (Å²) in [6.07, 6.45) is -0.643. The fourth-order valence-electron chi connectivity index (χ4n) is 4.57. The van der Waals surface area contributed by atoms with E-state index in [9.17, 15) is 8.42 Å². The Morgan fingerprint density at radius 1 is 0.893 bits per heavy atom. The van der Waals surface area contributed by atoms with Crippen LogP contribution in [0, 0.1) is 11.3 Å². The first kappa shape index (κ1) is 18.3. The van der Waals surface area contributed by atoms with Crippen LogP contribution in [0.15, 0.2) is 60.7 Å². The number of fused-ring (bicyclic) bond motifs is 3. The van der Waals surface area contributed by atoms with Gasteiger partial charge in [-0.2, -0.15) is 8.42 Å². The van der Waals surface area contributed by atoms with Crippen molar-refractivity contribution in [1.29, 1.82) is 0 Å². The van der Waals surface area contributed by atoms with Crippen LogP contribution in [0.2, 0.25) is 0 Å². The van der Waals surface area contributed by atoms with Crippen molar-refractivity contribution in [2.75, 3.05) is 6.61 Å². The third-order valence-corrected chi connectivity index (χ3v) is 6.89. The zero-order valence-corrected chi connectivity index (χ0v) is 16.1. The normalized spacial score (nSPS) is 34.7. The first-order valence-electron chi connectivity index (χ1n) is 9.46.